The summed E-state index contributed by atoms with van der Waals surface area (Å²) >= 11 is 0. The molecule has 1 saturated heterocycles. The van der Waals surface area contributed by atoms with Crippen LogP contribution in [0.1, 0.15) is 48.9 Å². The van der Waals surface area contributed by atoms with Crippen LogP contribution in [0.3, 0.4) is 0 Å². The number of methoxy groups -OCH3 is 1. The summed E-state index contributed by atoms with van der Waals surface area (Å²) in [5.74, 6) is -0.202. The van der Waals surface area contributed by atoms with E-state index in [4.69, 9.17) is 9.47 Å². The lowest BCUT2D eigenvalue weighted by atomic mass is 9.95. The van der Waals surface area contributed by atoms with E-state index >= 15 is 0 Å². The van der Waals surface area contributed by atoms with Crippen LogP contribution in [0.4, 0.5) is 0 Å². The third-order valence-corrected chi connectivity index (χ3v) is 6.31. The molecule has 4 rings (SSSR count). The zero-order valence-corrected chi connectivity index (χ0v) is 20.6. The van der Waals surface area contributed by atoms with Crippen molar-refractivity contribution in [3.63, 3.8) is 0 Å². The van der Waals surface area contributed by atoms with E-state index < -0.39 is 17.7 Å². The smallest absolute Gasteiger partial charge is 0.295 e. The number of unbranched alkanes of at least 4 members (excludes halogenated alkanes) is 2. The Morgan fingerprint density at radius 3 is 2.19 bits per heavy atom. The van der Waals surface area contributed by atoms with E-state index in [1.807, 2.05) is 54.6 Å². The van der Waals surface area contributed by atoms with Gasteiger partial charge in [-0.2, -0.15) is 0 Å². The van der Waals surface area contributed by atoms with Crippen molar-refractivity contribution in [1.29, 1.82) is 0 Å². The molecule has 6 nitrogen and oxygen atoms in total. The van der Waals surface area contributed by atoms with Gasteiger partial charge in [-0.25, -0.2) is 0 Å². The van der Waals surface area contributed by atoms with E-state index in [2.05, 4.69) is 6.92 Å². The molecule has 1 unspecified atom stereocenters. The fourth-order valence-electron chi connectivity index (χ4n) is 4.36. The van der Waals surface area contributed by atoms with E-state index in [0.29, 0.717) is 17.9 Å². The zero-order valence-electron chi connectivity index (χ0n) is 20.6. The van der Waals surface area contributed by atoms with Crippen LogP contribution in [0.15, 0.2) is 84.4 Å². The minimum Gasteiger partial charge on any atom is -0.507 e. The largest absolute Gasteiger partial charge is 0.507 e. The van der Waals surface area contributed by atoms with Crippen LogP contribution in [-0.4, -0.2) is 35.4 Å². The lowest BCUT2D eigenvalue weighted by Gasteiger charge is -2.25. The molecule has 6 heteroatoms. The van der Waals surface area contributed by atoms with E-state index in [9.17, 15) is 14.7 Å². The Morgan fingerprint density at radius 2 is 1.56 bits per heavy atom. The predicted octanol–water partition coefficient (Wildman–Crippen LogP) is 5.89. The van der Waals surface area contributed by atoms with Crippen LogP contribution >= 0.6 is 0 Å². The molecule has 0 radical (unpaired) electrons. The van der Waals surface area contributed by atoms with Crippen molar-refractivity contribution < 1.29 is 24.2 Å². The maximum absolute atomic E-state index is 13.2. The summed E-state index contributed by atoms with van der Waals surface area (Å²) in [7, 11) is 1.56. The molecule has 1 N–H and O–H groups in total. The fourth-order valence-corrected chi connectivity index (χ4v) is 4.36. The van der Waals surface area contributed by atoms with Gasteiger partial charge < -0.3 is 19.5 Å². The quantitative estimate of drug-likeness (QED) is 0.168. The van der Waals surface area contributed by atoms with Gasteiger partial charge in [-0.05, 0) is 53.9 Å². The second-order valence-electron chi connectivity index (χ2n) is 8.77. The van der Waals surface area contributed by atoms with Crippen LogP contribution in [0.25, 0.3) is 5.76 Å². The molecule has 36 heavy (non-hydrogen) atoms. The number of Topliss-reactive ketones (excluding diaryl/α,β-unsaturated/α-hetero) is 1. The lowest BCUT2D eigenvalue weighted by Crippen LogP contribution is -2.29. The predicted molar refractivity (Wildman–Crippen MR) is 139 cm³/mol. The molecule has 0 aliphatic carbocycles. The summed E-state index contributed by atoms with van der Waals surface area (Å²) in [6.07, 6.45) is 3.21. The first-order chi connectivity index (χ1) is 17.5. The Hall–Kier alpha value is -4.06. The summed E-state index contributed by atoms with van der Waals surface area (Å²) < 4.78 is 11.0. The molecule has 1 aliphatic heterocycles. The molecule has 1 atom stereocenters. The number of likely N-dealkylation sites (tertiary alicyclic amines) is 1. The van der Waals surface area contributed by atoms with Crippen molar-refractivity contribution in [3.05, 3.63) is 101 Å². The highest BCUT2D eigenvalue weighted by molar-refractivity contribution is 6.46. The third-order valence-electron chi connectivity index (χ3n) is 6.31. The molecule has 1 aliphatic rings. The molecule has 1 fully saturated rings. The highest BCUT2D eigenvalue weighted by atomic mass is 16.5. The fraction of sp³-hybridized carbons (Fsp3) is 0.267. The van der Waals surface area contributed by atoms with Gasteiger partial charge in [0, 0.05) is 12.1 Å². The van der Waals surface area contributed by atoms with Gasteiger partial charge in [0.1, 0.15) is 17.3 Å². The van der Waals surface area contributed by atoms with Crippen molar-refractivity contribution >= 4 is 17.4 Å². The van der Waals surface area contributed by atoms with E-state index in [0.717, 1.165) is 36.1 Å². The number of carbonyl (C=O) groups excluding carboxylic acids is 2. The molecule has 0 saturated carbocycles. The lowest BCUT2D eigenvalue weighted by molar-refractivity contribution is -0.140. The maximum atomic E-state index is 13.2. The van der Waals surface area contributed by atoms with Gasteiger partial charge in [0.05, 0.1) is 25.3 Å². The minimum atomic E-state index is -0.735. The molecule has 0 spiro atoms. The van der Waals surface area contributed by atoms with E-state index in [1.165, 1.54) is 4.90 Å². The second kappa shape index (κ2) is 11.6. The maximum Gasteiger partial charge on any atom is 0.295 e. The number of carbonyl (C=O) groups is 2. The second-order valence-corrected chi connectivity index (χ2v) is 8.77. The Morgan fingerprint density at radius 1 is 0.889 bits per heavy atom. The van der Waals surface area contributed by atoms with Gasteiger partial charge in [-0.1, -0.05) is 62.2 Å². The van der Waals surface area contributed by atoms with Gasteiger partial charge >= 0.3 is 0 Å². The molecule has 0 bridgehead atoms. The number of hydrogen-bond donors (Lipinski definition) is 1. The molecule has 1 amide bonds. The molecule has 3 aromatic carbocycles. The molecule has 1 heterocycles. The zero-order chi connectivity index (χ0) is 25.5. The van der Waals surface area contributed by atoms with Gasteiger partial charge in [0.25, 0.3) is 11.7 Å². The number of ketones is 1. The third kappa shape index (κ3) is 5.43. The Labute approximate surface area is 211 Å². The van der Waals surface area contributed by atoms with Crippen molar-refractivity contribution in [2.24, 2.45) is 0 Å². The van der Waals surface area contributed by atoms with Crippen molar-refractivity contribution in [2.75, 3.05) is 13.7 Å². The van der Waals surface area contributed by atoms with Gasteiger partial charge in [-0.3, -0.25) is 9.59 Å². The monoisotopic (exact) mass is 485 g/mol. The molecular formula is C30H31NO5. The van der Waals surface area contributed by atoms with E-state index in [1.54, 1.807) is 31.4 Å². The van der Waals surface area contributed by atoms with E-state index in [-0.39, 0.29) is 17.9 Å². The number of aliphatic hydroxyl groups excluding tert-OH is 1. The highest BCUT2D eigenvalue weighted by Crippen LogP contribution is 2.40. The highest BCUT2D eigenvalue weighted by Gasteiger charge is 2.46. The normalized spacial score (nSPS) is 16.8. The van der Waals surface area contributed by atoms with Gasteiger partial charge in [0.2, 0.25) is 0 Å². The molecular weight excluding hydrogens is 454 g/mol. The minimum absolute atomic E-state index is 0.0673. The number of rotatable bonds is 10. The number of ether oxygens (including phenoxy) is 2. The van der Waals surface area contributed by atoms with Crippen molar-refractivity contribution in [1.82, 2.24) is 4.90 Å². The van der Waals surface area contributed by atoms with Crippen LogP contribution in [0.2, 0.25) is 0 Å². The van der Waals surface area contributed by atoms with Crippen molar-refractivity contribution in [2.45, 2.75) is 38.8 Å². The Balaban J connectivity index is 1.72. The van der Waals surface area contributed by atoms with Crippen molar-refractivity contribution in [3.8, 4) is 11.5 Å². The van der Waals surface area contributed by atoms with Crippen LogP contribution in [0, 0.1) is 0 Å². The SMILES string of the molecule is CCCCCOc1ccc(C2C(=C(O)c3ccc(OC)cc3)C(=O)C(=O)N2Cc2ccccc2)cc1. The number of nitrogens with zero attached hydrogens (tertiary/aromatic N) is 1. The standard InChI is InChI=1S/C30H31NO5/c1-3-4-8-19-36-25-17-11-22(12-18-25)27-26(28(32)23-13-15-24(35-2)16-14-23)29(33)30(34)31(27)20-21-9-6-5-7-10-21/h5-7,9-18,27,32H,3-4,8,19-20H2,1-2H3. The van der Waals surface area contributed by atoms with Crippen LogP contribution < -0.4 is 9.47 Å². The first kappa shape index (κ1) is 25.0. The first-order valence-electron chi connectivity index (χ1n) is 12.2. The number of hydrogen-bond acceptors (Lipinski definition) is 5. The topological polar surface area (TPSA) is 76.1 Å². The average molecular weight is 486 g/mol. The summed E-state index contributed by atoms with van der Waals surface area (Å²) in [4.78, 5) is 28.0. The molecule has 3 aromatic rings. The number of benzene rings is 3. The first-order valence-corrected chi connectivity index (χ1v) is 12.2. The Bertz CT molecular complexity index is 1220. The Kier molecular flexibility index (Phi) is 8.06. The summed E-state index contributed by atoms with van der Waals surface area (Å²) in [5, 5.41) is 11.2. The average Bonchev–Trinajstić information content (AvgIpc) is 3.16. The molecule has 186 valence electrons. The van der Waals surface area contributed by atoms with Gasteiger partial charge in [0.15, 0.2) is 0 Å². The van der Waals surface area contributed by atoms with Gasteiger partial charge in [-0.15, -0.1) is 0 Å². The summed E-state index contributed by atoms with van der Waals surface area (Å²) in [6, 6.07) is 22.9. The van der Waals surface area contributed by atoms with Crippen LogP contribution in [-0.2, 0) is 16.1 Å². The summed E-state index contributed by atoms with van der Waals surface area (Å²) in [6.45, 7) is 3.02. The molecule has 0 aromatic heterocycles. The number of aliphatic hydroxyl groups is 1. The summed E-state index contributed by atoms with van der Waals surface area (Å²) in [5.41, 5.74) is 2.12. The van der Waals surface area contributed by atoms with Crippen LogP contribution in [0.5, 0.6) is 11.5 Å². The number of amides is 1.